The van der Waals surface area contributed by atoms with Gasteiger partial charge in [0.2, 0.25) is 0 Å². The van der Waals surface area contributed by atoms with Crippen LogP contribution in [0.15, 0.2) is 12.2 Å². The maximum Gasteiger partial charge on any atom is 0.0312 e. The van der Waals surface area contributed by atoms with Crippen LogP contribution in [0.5, 0.6) is 0 Å². The quantitative estimate of drug-likeness (QED) is 0.447. The third kappa shape index (κ3) is 2.59. The number of hydrogen-bond acceptors (Lipinski definition) is 0. The van der Waals surface area contributed by atoms with Crippen LogP contribution >= 0.6 is 0 Å². The molecular weight excluding hydrogens is 204 g/mol. The first-order chi connectivity index (χ1) is 7.45. The molecule has 0 bridgehead atoms. The topological polar surface area (TPSA) is 0 Å². The van der Waals surface area contributed by atoms with Crippen molar-refractivity contribution in [2.24, 2.45) is 22.2 Å². The molecule has 0 spiro atoms. The number of terminal acetylenes is 1. The van der Waals surface area contributed by atoms with Crippen molar-refractivity contribution in [3.8, 4) is 12.3 Å². The van der Waals surface area contributed by atoms with Gasteiger partial charge in [-0.1, -0.05) is 59.6 Å². The number of rotatable bonds is 5. The van der Waals surface area contributed by atoms with Crippen LogP contribution in [0.1, 0.15) is 61.8 Å². The van der Waals surface area contributed by atoms with Gasteiger partial charge in [-0.25, -0.2) is 0 Å². The van der Waals surface area contributed by atoms with Gasteiger partial charge in [-0.05, 0) is 37.0 Å². The minimum atomic E-state index is -0.126. The molecule has 0 amide bonds. The summed E-state index contributed by atoms with van der Waals surface area (Å²) in [7, 11) is 0. The van der Waals surface area contributed by atoms with Crippen molar-refractivity contribution in [3.63, 3.8) is 0 Å². The van der Waals surface area contributed by atoms with Crippen LogP contribution in [0, 0.1) is 34.5 Å². The van der Waals surface area contributed by atoms with E-state index in [0.29, 0.717) is 5.92 Å². The molecule has 0 aliphatic heterocycles. The fraction of sp³-hybridized carbons (Fsp3) is 0.765. The van der Waals surface area contributed by atoms with Crippen LogP contribution in [0.25, 0.3) is 0 Å². The zero-order valence-corrected chi connectivity index (χ0v) is 13.1. The Labute approximate surface area is 109 Å². The van der Waals surface area contributed by atoms with Crippen LogP contribution in [0.2, 0.25) is 0 Å². The summed E-state index contributed by atoms with van der Waals surface area (Å²) in [5.41, 5.74) is 1.36. The zero-order chi connectivity index (χ0) is 14.1. The average molecular weight is 234 g/mol. The van der Waals surface area contributed by atoms with E-state index >= 15 is 0 Å². The second-order valence-corrected chi connectivity index (χ2v) is 6.85. The maximum absolute atomic E-state index is 5.73. The van der Waals surface area contributed by atoms with E-state index in [1.165, 1.54) is 5.57 Å². The van der Waals surface area contributed by atoms with Crippen molar-refractivity contribution >= 4 is 0 Å². The van der Waals surface area contributed by atoms with Gasteiger partial charge in [0.05, 0.1) is 0 Å². The Morgan fingerprint density at radius 2 is 1.59 bits per heavy atom. The summed E-state index contributed by atoms with van der Waals surface area (Å²) in [6, 6.07) is 0. The lowest BCUT2D eigenvalue weighted by Gasteiger charge is -2.53. The molecule has 0 aromatic rings. The third-order valence-electron chi connectivity index (χ3n) is 5.68. The fourth-order valence-corrected chi connectivity index (χ4v) is 2.34. The summed E-state index contributed by atoms with van der Waals surface area (Å²) in [6.07, 6.45) is 6.76. The Morgan fingerprint density at radius 3 is 1.88 bits per heavy atom. The van der Waals surface area contributed by atoms with E-state index in [2.05, 4.69) is 67.9 Å². The molecule has 0 heteroatoms. The Morgan fingerprint density at radius 1 is 1.18 bits per heavy atom. The fourth-order valence-electron chi connectivity index (χ4n) is 2.34. The minimum Gasteiger partial charge on any atom is -0.120 e. The molecule has 0 aliphatic carbocycles. The molecule has 0 fully saturated rings. The molecule has 0 N–H and O–H groups in total. The van der Waals surface area contributed by atoms with E-state index in [0.717, 1.165) is 6.42 Å². The number of allylic oxidation sites excluding steroid dienone is 1. The van der Waals surface area contributed by atoms with Crippen molar-refractivity contribution in [2.45, 2.75) is 61.8 Å². The van der Waals surface area contributed by atoms with Crippen molar-refractivity contribution in [2.75, 3.05) is 0 Å². The van der Waals surface area contributed by atoms with E-state index in [-0.39, 0.29) is 16.2 Å². The molecule has 0 saturated heterocycles. The second-order valence-electron chi connectivity index (χ2n) is 6.85. The van der Waals surface area contributed by atoms with Crippen molar-refractivity contribution in [3.05, 3.63) is 12.2 Å². The molecule has 0 aromatic carbocycles. The van der Waals surface area contributed by atoms with Gasteiger partial charge in [0, 0.05) is 5.41 Å². The highest BCUT2D eigenvalue weighted by molar-refractivity contribution is 5.15. The van der Waals surface area contributed by atoms with Gasteiger partial charge >= 0.3 is 0 Å². The lowest BCUT2D eigenvalue weighted by molar-refractivity contribution is -0.0138. The summed E-state index contributed by atoms with van der Waals surface area (Å²) < 4.78 is 0. The second kappa shape index (κ2) is 4.89. The molecule has 0 saturated carbocycles. The molecular formula is C17H30. The van der Waals surface area contributed by atoms with Crippen LogP contribution in [-0.2, 0) is 0 Å². The number of hydrogen-bond donors (Lipinski definition) is 0. The molecule has 17 heavy (non-hydrogen) atoms. The van der Waals surface area contributed by atoms with Crippen molar-refractivity contribution in [1.82, 2.24) is 0 Å². The van der Waals surface area contributed by atoms with Gasteiger partial charge in [-0.2, -0.15) is 0 Å². The molecule has 98 valence electrons. The minimum absolute atomic E-state index is 0.0479. The largest absolute Gasteiger partial charge is 0.120 e. The van der Waals surface area contributed by atoms with Gasteiger partial charge in [-0.3, -0.25) is 0 Å². The van der Waals surface area contributed by atoms with Crippen LogP contribution in [0.3, 0.4) is 0 Å². The molecule has 0 radical (unpaired) electrons. The van der Waals surface area contributed by atoms with E-state index in [4.69, 9.17) is 6.42 Å². The molecule has 0 aliphatic rings. The first-order valence-corrected chi connectivity index (χ1v) is 6.61. The molecule has 0 nitrogen and oxygen atoms in total. The Bertz CT molecular complexity index is 320. The summed E-state index contributed by atoms with van der Waals surface area (Å²) in [5.74, 6) is 3.44. The smallest absolute Gasteiger partial charge is 0.0312 e. The van der Waals surface area contributed by atoms with Gasteiger partial charge < -0.3 is 0 Å². The standard InChI is InChI=1S/C17H30/c1-11-13(3)14(4)16(7,8)17(9,10)15(5,6)12-2/h2,14H,3,11H2,1,4-10H3. The maximum atomic E-state index is 5.73. The normalized spacial score (nSPS) is 15.2. The van der Waals surface area contributed by atoms with Gasteiger partial charge in [0.1, 0.15) is 0 Å². The lowest BCUT2D eigenvalue weighted by atomic mass is 9.50. The lowest BCUT2D eigenvalue weighted by Crippen LogP contribution is -2.47. The third-order valence-corrected chi connectivity index (χ3v) is 5.68. The van der Waals surface area contributed by atoms with E-state index < -0.39 is 0 Å². The highest BCUT2D eigenvalue weighted by atomic mass is 14.5. The first kappa shape index (κ1) is 16.3. The van der Waals surface area contributed by atoms with Crippen molar-refractivity contribution < 1.29 is 0 Å². The highest BCUT2D eigenvalue weighted by Crippen LogP contribution is 2.55. The first-order valence-electron chi connectivity index (χ1n) is 6.61. The highest BCUT2D eigenvalue weighted by Gasteiger charge is 2.49. The van der Waals surface area contributed by atoms with Gasteiger partial charge in [0.25, 0.3) is 0 Å². The van der Waals surface area contributed by atoms with E-state index in [9.17, 15) is 0 Å². The SMILES string of the molecule is C#CC(C)(C)C(C)(C)C(C)(C)C(C)C(=C)CC. The molecule has 1 unspecified atom stereocenters. The molecule has 0 aromatic heterocycles. The summed E-state index contributed by atoms with van der Waals surface area (Å²) in [5, 5.41) is 0. The molecule has 1 atom stereocenters. The van der Waals surface area contributed by atoms with Gasteiger partial charge in [-0.15, -0.1) is 6.42 Å². The van der Waals surface area contributed by atoms with E-state index in [1.807, 2.05) is 0 Å². The summed E-state index contributed by atoms with van der Waals surface area (Å²) in [6.45, 7) is 22.2. The predicted molar refractivity (Wildman–Crippen MR) is 78.8 cm³/mol. The summed E-state index contributed by atoms with van der Waals surface area (Å²) in [4.78, 5) is 0. The average Bonchev–Trinajstić information content (AvgIpc) is 2.26. The van der Waals surface area contributed by atoms with Crippen molar-refractivity contribution in [1.29, 1.82) is 0 Å². The Hall–Kier alpha value is -0.700. The Kier molecular flexibility index (Phi) is 4.69. The van der Waals surface area contributed by atoms with Gasteiger partial charge in [0.15, 0.2) is 0 Å². The molecule has 0 heterocycles. The summed E-state index contributed by atoms with van der Waals surface area (Å²) >= 11 is 0. The Balaban J connectivity index is 5.46. The van der Waals surface area contributed by atoms with Crippen LogP contribution < -0.4 is 0 Å². The van der Waals surface area contributed by atoms with E-state index in [1.54, 1.807) is 0 Å². The van der Waals surface area contributed by atoms with Crippen LogP contribution in [-0.4, -0.2) is 0 Å². The monoisotopic (exact) mass is 234 g/mol. The zero-order valence-electron chi connectivity index (χ0n) is 13.1. The molecule has 0 rings (SSSR count). The predicted octanol–water partition coefficient (Wildman–Crippen LogP) is 5.30. The van der Waals surface area contributed by atoms with Crippen LogP contribution in [0.4, 0.5) is 0 Å².